The molecule has 2 N–H and O–H groups in total. The lowest BCUT2D eigenvalue weighted by Crippen LogP contribution is -2.36. The first-order chi connectivity index (χ1) is 8.65. The molecule has 0 saturated heterocycles. The van der Waals surface area contributed by atoms with Crippen LogP contribution in [0.5, 0.6) is 0 Å². The van der Waals surface area contributed by atoms with Gasteiger partial charge in [0.2, 0.25) is 5.91 Å². The second-order valence-corrected chi connectivity index (χ2v) is 3.80. The van der Waals surface area contributed by atoms with E-state index in [1.165, 1.54) is 14.0 Å². The van der Waals surface area contributed by atoms with E-state index in [2.05, 4.69) is 10.6 Å². The molecule has 0 radical (unpaired) electrons. The van der Waals surface area contributed by atoms with Crippen molar-refractivity contribution < 1.29 is 14.3 Å². The molecular weight excluding hydrogens is 232 g/mol. The highest BCUT2D eigenvalue weighted by molar-refractivity contribution is 5.77. The summed E-state index contributed by atoms with van der Waals surface area (Å²) in [5.74, 6) is -0.435. The summed E-state index contributed by atoms with van der Waals surface area (Å²) >= 11 is 0. The predicted octanol–water partition coefficient (Wildman–Crippen LogP) is 0.626. The Kier molecular flexibility index (Phi) is 5.87. The third-order valence-electron chi connectivity index (χ3n) is 2.42. The van der Waals surface area contributed by atoms with Crippen LogP contribution in [0.4, 0.5) is 0 Å². The maximum absolute atomic E-state index is 11.7. The minimum Gasteiger partial charge on any atom is -0.468 e. The van der Waals surface area contributed by atoms with Crippen LogP contribution < -0.4 is 10.6 Å². The van der Waals surface area contributed by atoms with E-state index in [0.717, 1.165) is 5.56 Å². The molecule has 0 aliphatic carbocycles. The van der Waals surface area contributed by atoms with E-state index in [-0.39, 0.29) is 11.9 Å². The van der Waals surface area contributed by atoms with Crippen LogP contribution >= 0.6 is 0 Å². The second-order valence-electron chi connectivity index (χ2n) is 3.80. The van der Waals surface area contributed by atoms with Gasteiger partial charge in [-0.1, -0.05) is 30.3 Å². The number of methoxy groups -OCH3 is 1. The summed E-state index contributed by atoms with van der Waals surface area (Å²) in [4.78, 5) is 22.4. The van der Waals surface area contributed by atoms with Crippen LogP contribution in [-0.2, 0) is 14.3 Å². The van der Waals surface area contributed by atoms with Crippen LogP contribution in [0.15, 0.2) is 30.3 Å². The number of ether oxygens (including phenoxy) is 1. The molecule has 1 atom stereocenters. The number of esters is 1. The van der Waals surface area contributed by atoms with Crippen LogP contribution in [0.2, 0.25) is 0 Å². The van der Waals surface area contributed by atoms with Crippen LogP contribution in [0.25, 0.3) is 0 Å². The molecule has 1 unspecified atom stereocenters. The SMILES string of the molecule is COC(=O)C(NCCNC(C)=O)c1ccccc1. The van der Waals surface area contributed by atoms with Gasteiger partial charge in [0.15, 0.2) is 0 Å². The van der Waals surface area contributed by atoms with Gasteiger partial charge in [0.25, 0.3) is 0 Å². The number of carbonyl (C=O) groups is 2. The van der Waals surface area contributed by atoms with E-state index in [1.54, 1.807) is 0 Å². The van der Waals surface area contributed by atoms with Gasteiger partial charge in [-0.3, -0.25) is 10.1 Å². The third kappa shape index (κ3) is 4.55. The Bertz CT molecular complexity index is 392. The molecule has 0 heterocycles. The molecule has 1 amide bonds. The highest BCUT2D eigenvalue weighted by Crippen LogP contribution is 2.13. The molecule has 0 aliphatic heterocycles. The summed E-state index contributed by atoms with van der Waals surface area (Å²) < 4.78 is 4.76. The van der Waals surface area contributed by atoms with E-state index in [4.69, 9.17) is 4.74 Å². The van der Waals surface area contributed by atoms with Crippen molar-refractivity contribution in [3.63, 3.8) is 0 Å². The summed E-state index contributed by atoms with van der Waals surface area (Å²) in [6, 6.07) is 8.81. The Morgan fingerprint density at radius 2 is 1.89 bits per heavy atom. The fourth-order valence-corrected chi connectivity index (χ4v) is 1.56. The fourth-order valence-electron chi connectivity index (χ4n) is 1.56. The van der Waals surface area contributed by atoms with Crippen molar-refractivity contribution in [3.8, 4) is 0 Å². The summed E-state index contributed by atoms with van der Waals surface area (Å²) in [7, 11) is 1.35. The van der Waals surface area contributed by atoms with Crippen LogP contribution in [-0.4, -0.2) is 32.1 Å². The molecule has 1 rings (SSSR count). The number of amides is 1. The standard InChI is InChI=1S/C13H18N2O3/c1-10(16)14-8-9-15-12(13(17)18-2)11-6-4-3-5-7-11/h3-7,12,15H,8-9H2,1-2H3,(H,14,16). The first kappa shape index (κ1) is 14.2. The number of nitrogens with one attached hydrogen (secondary N) is 2. The van der Waals surface area contributed by atoms with Crippen molar-refractivity contribution in [2.24, 2.45) is 0 Å². The monoisotopic (exact) mass is 250 g/mol. The molecule has 5 nitrogen and oxygen atoms in total. The zero-order valence-corrected chi connectivity index (χ0v) is 10.6. The predicted molar refractivity (Wildman–Crippen MR) is 67.9 cm³/mol. The van der Waals surface area contributed by atoms with Crippen molar-refractivity contribution in [3.05, 3.63) is 35.9 Å². The van der Waals surface area contributed by atoms with Gasteiger partial charge in [-0.05, 0) is 5.56 Å². The summed E-state index contributed by atoms with van der Waals surface area (Å²) in [6.07, 6.45) is 0. The maximum Gasteiger partial charge on any atom is 0.327 e. The molecule has 98 valence electrons. The molecule has 1 aromatic carbocycles. The first-order valence-corrected chi connectivity index (χ1v) is 5.75. The second kappa shape index (κ2) is 7.45. The highest BCUT2D eigenvalue weighted by atomic mass is 16.5. The zero-order valence-electron chi connectivity index (χ0n) is 10.6. The molecule has 0 saturated carbocycles. The molecule has 1 aromatic rings. The lowest BCUT2D eigenvalue weighted by atomic mass is 10.1. The summed E-state index contributed by atoms with van der Waals surface area (Å²) in [5.41, 5.74) is 0.840. The quantitative estimate of drug-likeness (QED) is 0.574. The lowest BCUT2D eigenvalue weighted by Gasteiger charge is -2.16. The third-order valence-corrected chi connectivity index (χ3v) is 2.42. The van der Waals surface area contributed by atoms with Crippen LogP contribution in [0.1, 0.15) is 18.5 Å². The Balaban J connectivity index is 2.57. The van der Waals surface area contributed by atoms with Crippen molar-refractivity contribution in [2.45, 2.75) is 13.0 Å². The molecule has 5 heteroatoms. The maximum atomic E-state index is 11.7. The van der Waals surface area contributed by atoms with Crippen molar-refractivity contribution in [2.75, 3.05) is 20.2 Å². The van der Waals surface area contributed by atoms with E-state index in [0.29, 0.717) is 13.1 Å². The lowest BCUT2D eigenvalue weighted by molar-refractivity contribution is -0.143. The number of carbonyl (C=O) groups excluding carboxylic acids is 2. The molecule has 0 aliphatic rings. The van der Waals surface area contributed by atoms with Crippen molar-refractivity contribution in [1.29, 1.82) is 0 Å². The van der Waals surface area contributed by atoms with E-state index in [9.17, 15) is 9.59 Å². The Labute approximate surface area is 107 Å². The minimum atomic E-state index is -0.509. The highest BCUT2D eigenvalue weighted by Gasteiger charge is 2.19. The molecule has 0 fully saturated rings. The minimum absolute atomic E-state index is 0.0915. The van der Waals surface area contributed by atoms with Gasteiger partial charge < -0.3 is 10.1 Å². The summed E-state index contributed by atoms with van der Waals surface area (Å²) in [5, 5.41) is 5.71. The van der Waals surface area contributed by atoms with E-state index >= 15 is 0 Å². The van der Waals surface area contributed by atoms with Gasteiger partial charge in [0.1, 0.15) is 6.04 Å². The van der Waals surface area contributed by atoms with E-state index < -0.39 is 6.04 Å². The fraction of sp³-hybridized carbons (Fsp3) is 0.385. The van der Waals surface area contributed by atoms with Gasteiger partial charge in [-0.25, -0.2) is 4.79 Å². The average Bonchev–Trinajstić information content (AvgIpc) is 2.38. The van der Waals surface area contributed by atoms with Crippen LogP contribution in [0, 0.1) is 0 Å². The average molecular weight is 250 g/mol. The topological polar surface area (TPSA) is 67.4 Å². The molecule has 0 spiro atoms. The number of hydrogen-bond acceptors (Lipinski definition) is 4. The Morgan fingerprint density at radius 3 is 2.44 bits per heavy atom. The van der Waals surface area contributed by atoms with Gasteiger partial charge in [0, 0.05) is 20.0 Å². The molecule has 18 heavy (non-hydrogen) atoms. The number of rotatable bonds is 6. The molecule has 0 aromatic heterocycles. The van der Waals surface area contributed by atoms with Gasteiger partial charge >= 0.3 is 5.97 Å². The Morgan fingerprint density at radius 1 is 1.22 bits per heavy atom. The van der Waals surface area contributed by atoms with Crippen molar-refractivity contribution in [1.82, 2.24) is 10.6 Å². The molecule has 0 bridgehead atoms. The number of hydrogen-bond donors (Lipinski definition) is 2. The van der Waals surface area contributed by atoms with Gasteiger partial charge in [-0.15, -0.1) is 0 Å². The Hall–Kier alpha value is -1.88. The smallest absolute Gasteiger partial charge is 0.327 e. The molecular formula is C13H18N2O3. The van der Waals surface area contributed by atoms with Gasteiger partial charge in [-0.2, -0.15) is 0 Å². The largest absolute Gasteiger partial charge is 0.468 e. The summed E-state index contributed by atoms with van der Waals surface area (Å²) in [6.45, 7) is 2.42. The van der Waals surface area contributed by atoms with Gasteiger partial charge in [0.05, 0.1) is 7.11 Å². The normalized spacial score (nSPS) is 11.7. The zero-order chi connectivity index (χ0) is 13.4. The first-order valence-electron chi connectivity index (χ1n) is 5.75. The van der Waals surface area contributed by atoms with E-state index in [1.807, 2.05) is 30.3 Å². The van der Waals surface area contributed by atoms with Crippen LogP contribution in [0.3, 0.4) is 0 Å². The van der Waals surface area contributed by atoms with Crippen molar-refractivity contribution >= 4 is 11.9 Å². The number of benzene rings is 1.